The molecule has 23 heavy (non-hydrogen) atoms. The summed E-state index contributed by atoms with van der Waals surface area (Å²) >= 11 is 0. The first kappa shape index (κ1) is 15.7. The van der Waals surface area contributed by atoms with E-state index in [2.05, 4.69) is 22.0 Å². The number of nitrogens with zero attached hydrogens (tertiary/aromatic N) is 4. The van der Waals surface area contributed by atoms with Crippen molar-refractivity contribution in [1.29, 1.82) is 0 Å². The monoisotopic (exact) mass is 318 g/mol. The minimum Gasteiger partial charge on any atom is -0.448 e. The lowest BCUT2D eigenvalue weighted by Crippen LogP contribution is -2.42. The summed E-state index contributed by atoms with van der Waals surface area (Å²) in [6.45, 7) is 8.74. The van der Waals surface area contributed by atoms with Gasteiger partial charge in [0.15, 0.2) is 5.89 Å². The molecule has 3 rings (SSSR count). The summed E-state index contributed by atoms with van der Waals surface area (Å²) in [5.74, 6) is 1.62. The number of aryl methyl sites for hydroxylation is 1. The normalized spacial score (nSPS) is 18.9. The Hall–Kier alpha value is -2.18. The van der Waals surface area contributed by atoms with Crippen LogP contribution >= 0.6 is 0 Å². The molecule has 0 aliphatic carbocycles. The van der Waals surface area contributed by atoms with Crippen molar-refractivity contribution >= 4 is 5.91 Å². The number of hydrogen-bond donors (Lipinski definition) is 0. The summed E-state index contributed by atoms with van der Waals surface area (Å²) in [4.78, 5) is 22.8. The van der Waals surface area contributed by atoms with E-state index < -0.39 is 0 Å². The molecule has 1 unspecified atom stereocenters. The summed E-state index contributed by atoms with van der Waals surface area (Å²) in [6.07, 6.45) is 3.69. The van der Waals surface area contributed by atoms with E-state index in [0.717, 1.165) is 12.8 Å². The highest BCUT2D eigenvalue weighted by molar-refractivity contribution is 5.80. The number of hydrogen-bond acceptors (Lipinski definition) is 6. The zero-order valence-electron chi connectivity index (χ0n) is 14.0. The average molecular weight is 318 g/mol. The summed E-state index contributed by atoms with van der Waals surface area (Å²) in [6, 6.07) is 0. The van der Waals surface area contributed by atoms with Gasteiger partial charge in [0.1, 0.15) is 12.0 Å². The van der Waals surface area contributed by atoms with Crippen molar-refractivity contribution in [2.45, 2.75) is 58.4 Å². The second-order valence-corrected chi connectivity index (χ2v) is 6.91. The molecule has 124 valence electrons. The third-order valence-electron chi connectivity index (χ3n) is 3.97. The van der Waals surface area contributed by atoms with Crippen LogP contribution in [0.5, 0.6) is 0 Å². The van der Waals surface area contributed by atoms with Crippen LogP contribution in [0.4, 0.5) is 0 Å². The van der Waals surface area contributed by atoms with Gasteiger partial charge in [0.05, 0.1) is 5.92 Å². The SMILES string of the molecule is CCCc1nc(-c2noc(C3CC(=O)N(C(C)(C)C)C3)n2)co1. The van der Waals surface area contributed by atoms with Gasteiger partial charge in [-0.05, 0) is 27.2 Å². The number of aromatic nitrogens is 3. The Morgan fingerprint density at radius 3 is 2.78 bits per heavy atom. The number of rotatable bonds is 4. The van der Waals surface area contributed by atoms with Crippen LogP contribution in [0.2, 0.25) is 0 Å². The molecule has 1 aliphatic rings. The minimum atomic E-state index is -0.199. The summed E-state index contributed by atoms with van der Waals surface area (Å²) in [5.41, 5.74) is 0.371. The lowest BCUT2D eigenvalue weighted by Gasteiger charge is -2.31. The lowest BCUT2D eigenvalue weighted by molar-refractivity contribution is -0.131. The molecule has 2 aromatic rings. The molecule has 0 saturated carbocycles. The van der Waals surface area contributed by atoms with Crippen LogP contribution in [0.1, 0.15) is 58.2 Å². The second kappa shape index (κ2) is 5.79. The van der Waals surface area contributed by atoms with E-state index in [1.807, 2.05) is 25.7 Å². The molecule has 1 atom stereocenters. The van der Waals surface area contributed by atoms with Crippen LogP contribution < -0.4 is 0 Å². The van der Waals surface area contributed by atoms with Crippen LogP contribution in [-0.2, 0) is 11.2 Å². The minimum absolute atomic E-state index is 0.0648. The summed E-state index contributed by atoms with van der Waals surface area (Å²) < 4.78 is 10.7. The summed E-state index contributed by atoms with van der Waals surface area (Å²) in [5, 5.41) is 3.98. The molecule has 0 aromatic carbocycles. The van der Waals surface area contributed by atoms with Crippen molar-refractivity contribution in [1.82, 2.24) is 20.0 Å². The maximum Gasteiger partial charge on any atom is 0.232 e. The molecule has 7 heteroatoms. The van der Waals surface area contributed by atoms with Crippen LogP contribution in [0.25, 0.3) is 11.5 Å². The Kier molecular flexibility index (Phi) is 3.95. The number of amides is 1. The highest BCUT2D eigenvalue weighted by atomic mass is 16.5. The Balaban J connectivity index is 1.76. The first-order chi connectivity index (χ1) is 10.9. The van der Waals surface area contributed by atoms with Crippen molar-refractivity contribution in [2.24, 2.45) is 0 Å². The van der Waals surface area contributed by atoms with Gasteiger partial charge >= 0.3 is 0 Å². The predicted molar refractivity (Wildman–Crippen MR) is 82.6 cm³/mol. The largest absolute Gasteiger partial charge is 0.448 e. The quantitative estimate of drug-likeness (QED) is 0.861. The van der Waals surface area contributed by atoms with Crippen LogP contribution in [0.15, 0.2) is 15.2 Å². The van der Waals surface area contributed by atoms with Crippen molar-refractivity contribution in [2.75, 3.05) is 6.54 Å². The van der Waals surface area contributed by atoms with Gasteiger partial charge < -0.3 is 13.8 Å². The van der Waals surface area contributed by atoms with Gasteiger partial charge in [0, 0.05) is 24.9 Å². The van der Waals surface area contributed by atoms with Crippen LogP contribution in [-0.4, -0.2) is 38.0 Å². The molecular weight excluding hydrogens is 296 g/mol. The van der Waals surface area contributed by atoms with Crippen molar-refractivity contribution in [3.63, 3.8) is 0 Å². The molecule has 7 nitrogen and oxygen atoms in total. The third-order valence-corrected chi connectivity index (χ3v) is 3.97. The zero-order chi connectivity index (χ0) is 16.6. The number of oxazole rings is 1. The lowest BCUT2D eigenvalue weighted by atomic mass is 10.1. The maximum absolute atomic E-state index is 12.2. The van der Waals surface area contributed by atoms with Gasteiger partial charge in [-0.15, -0.1) is 0 Å². The predicted octanol–water partition coefficient (Wildman–Crippen LogP) is 2.79. The standard InChI is InChI=1S/C16H22N4O3/c1-5-6-12-17-11(9-22-12)14-18-15(23-19-14)10-7-13(21)20(8-10)16(2,3)4/h9-10H,5-8H2,1-4H3. The van der Waals surface area contributed by atoms with Crippen molar-refractivity contribution in [3.8, 4) is 11.5 Å². The van der Waals surface area contributed by atoms with Crippen molar-refractivity contribution < 1.29 is 13.7 Å². The Morgan fingerprint density at radius 2 is 2.13 bits per heavy atom. The van der Waals surface area contributed by atoms with Gasteiger partial charge in [-0.3, -0.25) is 4.79 Å². The van der Waals surface area contributed by atoms with E-state index in [1.165, 1.54) is 0 Å². The molecule has 1 aliphatic heterocycles. The molecule has 0 N–H and O–H groups in total. The first-order valence-electron chi connectivity index (χ1n) is 7.97. The molecule has 0 radical (unpaired) electrons. The molecule has 0 bridgehead atoms. The molecule has 1 fully saturated rings. The fourth-order valence-electron chi connectivity index (χ4n) is 2.77. The van der Waals surface area contributed by atoms with E-state index in [0.29, 0.717) is 36.3 Å². The number of likely N-dealkylation sites (tertiary alicyclic amines) is 1. The van der Waals surface area contributed by atoms with E-state index in [9.17, 15) is 4.79 Å². The van der Waals surface area contributed by atoms with Crippen LogP contribution in [0, 0.1) is 0 Å². The fourth-order valence-corrected chi connectivity index (χ4v) is 2.77. The highest BCUT2D eigenvalue weighted by Gasteiger charge is 2.39. The Bertz CT molecular complexity index is 698. The highest BCUT2D eigenvalue weighted by Crippen LogP contribution is 2.32. The van der Waals surface area contributed by atoms with Gasteiger partial charge in [-0.2, -0.15) is 4.98 Å². The van der Waals surface area contributed by atoms with Crippen LogP contribution in [0.3, 0.4) is 0 Å². The number of carbonyl (C=O) groups is 1. The average Bonchev–Trinajstić information content (AvgIpc) is 3.15. The van der Waals surface area contributed by atoms with E-state index >= 15 is 0 Å². The molecule has 1 amide bonds. The fraction of sp³-hybridized carbons (Fsp3) is 0.625. The van der Waals surface area contributed by atoms with Gasteiger partial charge in [0.2, 0.25) is 17.6 Å². The van der Waals surface area contributed by atoms with Gasteiger partial charge in [-0.25, -0.2) is 4.98 Å². The Morgan fingerprint density at radius 1 is 1.35 bits per heavy atom. The molecule has 2 aromatic heterocycles. The third kappa shape index (κ3) is 3.13. The Labute approximate surface area is 135 Å². The smallest absolute Gasteiger partial charge is 0.232 e. The topological polar surface area (TPSA) is 85.3 Å². The van der Waals surface area contributed by atoms with Gasteiger partial charge in [0.25, 0.3) is 0 Å². The van der Waals surface area contributed by atoms with E-state index in [1.54, 1.807) is 6.26 Å². The van der Waals surface area contributed by atoms with E-state index in [4.69, 9.17) is 8.94 Å². The molecule has 3 heterocycles. The zero-order valence-corrected chi connectivity index (χ0v) is 14.0. The molecule has 1 saturated heterocycles. The first-order valence-corrected chi connectivity index (χ1v) is 7.97. The summed E-state index contributed by atoms with van der Waals surface area (Å²) in [7, 11) is 0. The maximum atomic E-state index is 12.2. The van der Waals surface area contributed by atoms with E-state index in [-0.39, 0.29) is 17.4 Å². The molecule has 0 spiro atoms. The molecular formula is C16H22N4O3. The van der Waals surface area contributed by atoms with Crippen molar-refractivity contribution in [3.05, 3.63) is 18.0 Å². The second-order valence-electron chi connectivity index (χ2n) is 6.91. The number of carbonyl (C=O) groups excluding carboxylic acids is 1. The van der Waals surface area contributed by atoms with Gasteiger partial charge in [-0.1, -0.05) is 12.1 Å².